The van der Waals surface area contributed by atoms with Crippen molar-refractivity contribution in [3.05, 3.63) is 42.5 Å². The second kappa shape index (κ2) is 6.08. The maximum absolute atomic E-state index is 12.5. The number of fused-ring (bicyclic) bond motifs is 1. The Hall–Kier alpha value is -1.51. The highest BCUT2D eigenvalue weighted by Crippen LogP contribution is 2.23. The van der Waals surface area contributed by atoms with E-state index in [2.05, 4.69) is 4.72 Å². The van der Waals surface area contributed by atoms with Gasteiger partial charge in [-0.05, 0) is 11.5 Å². The lowest BCUT2D eigenvalue weighted by atomic mass is 10.1. The van der Waals surface area contributed by atoms with Crippen LogP contribution in [0.4, 0.5) is 0 Å². The van der Waals surface area contributed by atoms with Crippen LogP contribution in [0, 0.1) is 0 Å². The van der Waals surface area contributed by atoms with Gasteiger partial charge >= 0.3 is 0 Å². The third kappa shape index (κ3) is 3.07. The summed E-state index contributed by atoms with van der Waals surface area (Å²) in [5, 5.41) is 29.0. The largest absolute Gasteiger partial charge is 0.394 e. The number of rotatable bonds is 6. The van der Waals surface area contributed by atoms with E-state index in [0.29, 0.717) is 5.39 Å². The molecule has 114 valence electrons. The number of hydrogen-bond acceptors (Lipinski definition) is 5. The van der Waals surface area contributed by atoms with Crippen molar-refractivity contribution in [1.82, 2.24) is 4.72 Å². The average Bonchev–Trinajstić information content (AvgIpc) is 2.52. The molecular weight excluding hydrogens is 294 g/mol. The minimum atomic E-state index is -4.01. The zero-order valence-electron chi connectivity index (χ0n) is 11.2. The lowest BCUT2D eigenvalue weighted by molar-refractivity contribution is 0.0582. The van der Waals surface area contributed by atoms with Crippen molar-refractivity contribution >= 4 is 20.8 Å². The molecule has 7 heteroatoms. The smallest absolute Gasteiger partial charge is 0.241 e. The van der Waals surface area contributed by atoms with E-state index in [1.165, 1.54) is 6.07 Å². The van der Waals surface area contributed by atoms with Crippen LogP contribution >= 0.6 is 0 Å². The van der Waals surface area contributed by atoms with E-state index >= 15 is 0 Å². The van der Waals surface area contributed by atoms with Crippen molar-refractivity contribution < 1.29 is 23.7 Å². The van der Waals surface area contributed by atoms with Crippen molar-refractivity contribution in [3.63, 3.8) is 0 Å². The quantitative estimate of drug-likeness (QED) is 0.593. The van der Waals surface area contributed by atoms with Crippen molar-refractivity contribution in [2.24, 2.45) is 0 Å². The van der Waals surface area contributed by atoms with E-state index in [1.54, 1.807) is 36.4 Å². The van der Waals surface area contributed by atoms with Crippen LogP contribution in [0.15, 0.2) is 47.4 Å². The van der Waals surface area contributed by atoms with E-state index in [1.807, 2.05) is 0 Å². The van der Waals surface area contributed by atoms with Gasteiger partial charge in [0.2, 0.25) is 10.0 Å². The Kier molecular flexibility index (Phi) is 4.60. The normalized spacial score (nSPS) is 12.7. The summed E-state index contributed by atoms with van der Waals surface area (Å²) in [7, 11) is -4.01. The standard InChI is InChI=1S/C14H17NO5S/c16-8-14(9-17,10-18)15-21(19,20)13-7-3-5-11-4-1-2-6-12(11)13/h1-7,15-18H,8-10H2. The fourth-order valence-corrected chi connectivity index (χ4v) is 3.62. The van der Waals surface area contributed by atoms with E-state index in [-0.39, 0.29) is 4.90 Å². The summed E-state index contributed by atoms with van der Waals surface area (Å²) < 4.78 is 27.2. The molecule has 6 nitrogen and oxygen atoms in total. The van der Waals surface area contributed by atoms with Crippen molar-refractivity contribution in [2.45, 2.75) is 10.4 Å². The highest BCUT2D eigenvalue weighted by molar-refractivity contribution is 7.89. The zero-order chi connectivity index (χ0) is 15.5. The summed E-state index contributed by atoms with van der Waals surface area (Å²) in [6, 6.07) is 11.8. The summed E-state index contributed by atoms with van der Waals surface area (Å²) in [5.74, 6) is 0. The number of sulfonamides is 1. The third-order valence-corrected chi connectivity index (χ3v) is 4.93. The van der Waals surface area contributed by atoms with E-state index in [4.69, 9.17) is 0 Å². The Balaban J connectivity index is 2.52. The molecule has 0 aliphatic carbocycles. The highest BCUT2D eigenvalue weighted by atomic mass is 32.2. The minimum Gasteiger partial charge on any atom is -0.394 e. The molecule has 0 unspecified atom stereocenters. The molecule has 0 aromatic heterocycles. The van der Waals surface area contributed by atoms with Crippen LogP contribution in [0.1, 0.15) is 0 Å². The molecule has 0 spiro atoms. The van der Waals surface area contributed by atoms with Gasteiger partial charge in [-0.15, -0.1) is 0 Å². The number of aliphatic hydroxyl groups is 3. The Labute approximate surface area is 122 Å². The fraction of sp³-hybridized carbons (Fsp3) is 0.286. The molecular formula is C14H17NO5S. The SMILES string of the molecule is O=S(=O)(NC(CO)(CO)CO)c1cccc2ccccc12. The van der Waals surface area contributed by atoms with E-state index in [0.717, 1.165) is 5.39 Å². The molecule has 0 atom stereocenters. The topological polar surface area (TPSA) is 107 Å². The number of nitrogens with one attached hydrogen (secondary N) is 1. The number of hydrogen-bond donors (Lipinski definition) is 4. The second-order valence-electron chi connectivity index (χ2n) is 4.84. The molecule has 0 fully saturated rings. The van der Waals surface area contributed by atoms with Crippen molar-refractivity contribution in [1.29, 1.82) is 0 Å². The third-order valence-electron chi connectivity index (χ3n) is 3.30. The van der Waals surface area contributed by atoms with Gasteiger partial charge in [-0.3, -0.25) is 0 Å². The summed E-state index contributed by atoms with van der Waals surface area (Å²) in [6.45, 7) is -2.15. The predicted molar refractivity (Wildman–Crippen MR) is 78.3 cm³/mol. The first kappa shape index (κ1) is 15.9. The molecule has 0 aliphatic rings. The maximum Gasteiger partial charge on any atom is 0.241 e. The summed E-state index contributed by atoms with van der Waals surface area (Å²) in [6.07, 6.45) is 0. The van der Waals surface area contributed by atoms with E-state index in [9.17, 15) is 23.7 Å². The van der Waals surface area contributed by atoms with Gasteiger partial charge in [0.15, 0.2) is 0 Å². The Morgan fingerprint density at radius 3 is 2.10 bits per heavy atom. The molecule has 0 saturated carbocycles. The maximum atomic E-state index is 12.5. The van der Waals surface area contributed by atoms with Crippen LogP contribution < -0.4 is 4.72 Å². The molecule has 2 aromatic rings. The fourth-order valence-electron chi connectivity index (χ4n) is 2.02. The van der Waals surface area contributed by atoms with Crippen LogP contribution in [-0.4, -0.2) is 49.1 Å². The summed E-state index contributed by atoms with van der Waals surface area (Å²) >= 11 is 0. The van der Waals surface area contributed by atoms with Crippen molar-refractivity contribution in [3.8, 4) is 0 Å². The van der Waals surface area contributed by atoms with Gasteiger partial charge in [-0.2, -0.15) is 4.72 Å². The average molecular weight is 311 g/mol. The molecule has 0 radical (unpaired) electrons. The van der Waals surface area contributed by atoms with Gasteiger partial charge in [0.1, 0.15) is 5.54 Å². The molecule has 0 bridgehead atoms. The van der Waals surface area contributed by atoms with Gasteiger partial charge in [0.05, 0.1) is 24.7 Å². The van der Waals surface area contributed by atoms with Crippen LogP contribution in [0.5, 0.6) is 0 Å². The lowest BCUT2D eigenvalue weighted by Gasteiger charge is -2.28. The molecule has 0 saturated heterocycles. The summed E-state index contributed by atoms with van der Waals surface area (Å²) in [4.78, 5) is 0.0281. The first-order chi connectivity index (χ1) is 9.98. The Morgan fingerprint density at radius 1 is 0.905 bits per heavy atom. The molecule has 0 heterocycles. The van der Waals surface area contributed by atoms with Gasteiger partial charge in [0, 0.05) is 5.39 Å². The first-order valence-electron chi connectivity index (χ1n) is 6.32. The molecule has 2 rings (SSSR count). The van der Waals surface area contributed by atoms with Gasteiger partial charge in [-0.1, -0.05) is 36.4 Å². The number of benzene rings is 2. The second-order valence-corrected chi connectivity index (χ2v) is 6.49. The summed E-state index contributed by atoms with van der Waals surface area (Å²) in [5.41, 5.74) is -1.70. The van der Waals surface area contributed by atoms with Crippen molar-refractivity contribution in [2.75, 3.05) is 19.8 Å². The minimum absolute atomic E-state index is 0.0281. The Bertz CT molecular complexity index is 711. The van der Waals surface area contributed by atoms with Crippen LogP contribution in [-0.2, 0) is 10.0 Å². The predicted octanol–water partition coefficient (Wildman–Crippen LogP) is -0.166. The van der Waals surface area contributed by atoms with Crippen LogP contribution in [0.2, 0.25) is 0 Å². The van der Waals surface area contributed by atoms with Crippen LogP contribution in [0.25, 0.3) is 10.8 Å². The van der Waals surface area contributed by atoms with E-state index < -0.39 is 35.4 Å². The monoisotopic (exact) mass is 311 g/mol. The van der Waals surface area contributed by atoms with Gasteiger partial charge in [0.25, 0.3) is 0 Å². The van der Waals surface area contributed by atoms with Gasteiger partial charge < -0.3 is 15.3 Å². The molecule has 2 aromatic carbocycles. The Morgan fingerprint density at radius 2 is 1.48 bits per heavy atom. The molecule has 0 aliphatic heterocycles. The van der Waals surface area contributed by atoms with Crippen LogP contribution in [0.3, 0.4) is 0 Å². The molecule has 21 heavy (non-hydrogen) atoms. The van der Waals surface area contributed by atoms with Gasteiger partial charge in [-0.25, -0.2) is 8.42 Å². The highest BCUT2D eigenvalue weighted by Gasteiger charge is 2.34. The first-order valence-corrected chi connectivity index (χ1v) is 7.81. The molecule has 4 N–H and O–H groups in total. The zero-order valence-corrected chi connectivity index (χ0v) is 12.0. The number of aliphatic hydroxyl groups excluding tert-OH is 3. The lowest BCUT2D eigenvalue weighted by Crippen LogP contribution is -2.56. The molecule has 0 amide bonds.